The summed E-state index contributed by atoms with van der Waals surface area (Å²) in [6, 6.07) is 6.44. The Hall–Kier alpha value is -1.27. The number of rotatable bonds is 1. The Bertz CT molecular complexity index is 326. The second-order valence-corrected chi connectivity index (χ2v) is 4.04. The van der Waals surface area contributed by atoms with Gasteiger partial charge in [-0.25, -0.2) is 0 Å². The summed E-state index contributed by atoms with van der Waals surface area (Å²) in [5.74, 6) is 0. The van der Waals surface area contributed by atoms with Crippen molar-refractivity contribution in [3.05, 3.63) is 24.5 Å². The van der Waals surface area contributed by atoms with Crippen molar-refractivity contribution in [2.45, 2.75) is 18.4 Å². The molecule has 74 valence electrons. The van der Waals surface area contributed by atoms with E-state index in [9.17, 15) is 5.26 Å². The Kier molecular flexibility index (Phi) is 2.30. The van der Waals surface area contributed by atoms with E-state index < -0.39 is 0 Å². The summed E-state index contributed by atoms with van der Waals surface area (Å²) >= 11 is 0. The number of aromatic nitrogens is 1. The smallest absolute Gasteiger partial charge is 0.133 e. The summed E-state index contributed by atoms with van der Waals surface area (Å²) in [4.78, 5) is 2.28. The van der Waals surface area contributed by atoms with Gasteiger partial charge in [-0.05, 0) is 32.0 Å². The summed E-state index contributed by atoms with van der Waals surface area (Å²) in [6.07, 6.45) is 5.84. The zero-order valence-corrected chi connectivity index (χ0v) is 8.48. The molecule has 0 amide bonds. The van der Waals surface area contributed by atoms with E-state index in [-0.39, 0.29) is 5.54 Å². The van der Waals surface area contributed by atoms with Gasteiger partial charge in [0.1, 0.15) is 5.54 Å². The minimum atomic E-state index is -0.296. The monoisotopic (exact) mass is 189 g/mol. The van der Waals surface area contributed by atoms with Gasteiger partial charge in [0.05, 0.1) is 6.07 Å². The van der Waals surface area contributed by atoms with Crippen molar-refractivity contribution in [2.75, 3.05) is 20.1 Å². The number of piperidine rings is 1. The zero-order chi connectivity index (χ0) is 10.0. The summed E-state index contributed by atoms with van der Waals surface area (Å²) < 4.78 is 2.06. The molecule has 1 fully saturated rings. The van der Waals surface area contributed by atoms with Crippen LogP contribution in [0, 0.1) is 11.3 Å². The van der Waals surface area contributed by atoms with Crippen molar-refractivity contribution >= 4 is 0 Å². The van der Waals surface area contributed by atoms with Gasteiger partial charge >= 0.3 is 0 Å². The SMILES string of the molecule is CN1CCC(C#N)(n2cccc2)CC1. The summed E-state index contributed by atoms with van der Waals surface area (Å²) in [7, 11) is 2.11. The molecule has 0 bridgehead atoms. The Labute approximate surface area is 84.6 Å². The minimum absolute atomic E-state index is 0.296. The van der Waals surface area contributed by atoms with Crippen molar-refractivity contribution in [2.24, 2.45) is 0 Å². The third-order valence-corrected chi connectivity index (χ3v) is 3.12. The maximum absolute atomic E-state index is 9.31. The van der Waals surface area contributed by atoms with Crippen LogP contribution in [0.5, 0.6) is 0 Å². The lowest BCUT2D eigenvalue weighted by Gasteiger charge is -2.36. The lowest BCUT2D eigenvalue weighted by Crippen LogP contribution is -2.43. The van der Waals surface area contributed by atoms with E-state index in [1.165, 1.54) is 0 Å². The number of hydrogen-bond acceptors (Lipinski definition) is 2. The molecule has 1 saturated heterocycles. The van der Waals surface area contributed by atoms with Crippen molar-refractivity contribution in [1.29, 1.82) is 5.26 Å². The van der Waals surface area contributed by atoms with Gasteiger partial charge in [-0.15, -0.1) is 0 Å². The molecular weight excluding hydrogens is 174 g/mol. The molecule has 14 heavy (non-hydrogen) atoms. The van der Waals surface area contributed by atoms with Gasteiger partial charge in [0.2, 0.25) is 0 Å². The molecule has 0 atom stereocenters. The molecule has 1 aromatic heterocycles. The zero-order valence-electron chi connectivity index (χ0n) is 8.48. The molecular formula is C11H15N3. The highest BCUT2D eigenvalue weighted by atomic mass is 15.1. The fourth-order valence-corrected chi connectivity index (χ4v) is 2.04. The van der Waals surface area contributed by atoms with Crippen LogP contribution in [0.3, 0.4) is 0 Å². The Balaban J connectivity index is 2.24. The predicted octanol–water partition coefficient (Wildman–Crippen LogP) is 1.43. The maximum Gasteiger partial charge on any atom is 0.133 e. The van der Waals surface area contributed by atoms with Gasteiger partial charge in [0.25, 0.3) is 0 Å². The molecule has 0 spiro atoms. The first-order chi connectivity index (χ1) is 6.77. The molecule has 0 radical (unpaired) electrons. The molecule has 1 aromatic rings. The predicted molar refractivity (Wildman–Crippen MR) is 54.8 cm³/mol. The molecule has 0 unspecified atom stereocenters. The molecule has 2 rings (SSSR count). The van der Waals surface area contributed by atoms with E-state index in [2.05, 4.69) is 22.6 Å². The number of nitriles is 1. The third kappa shape index (κ3) is 1.42. The van der Waals surface area contributed by atoms with Gasteiger partial charge in [0, 0.05) is 25.5 Å². The first-order valence-electron chi connectivity index (χ1n) is 5.00. The van der Waals surface area contributed by atoms with Crippen molar-refractivity contribution in [3.8, 4) is 6.07 Å². The lowest BCUT2D eigenvalue weighted by atomic mass is 9.89. The number of likely N-dealkylation sites (tertiary alicyclic amines) is 1. The Morgan fingerprint density at radius 3 is 2.29 bits per heavy atom. The van der Waals surface area contributed by atoms with Crippen molar-refractivity contribution < 1.29 is 0 Å². The normalized spacial score (nSPS) is 21.7. The van der Waals surface area contributed by atoms with E-state index in [1.54, 1.807) is 0 Å². The van der Waals surface area contributed by atoms with Gasteiger partial charge in [-0.1, -0.05) is 0 Å². The van der Waals surface area contributed by atoms with E-state index in [0.29, 0.717) is 0 Å². The summed E-state index contributed by atoms with van der Waals surface area (Å²) in [5.41, 5.74) is -0.296. The number of hydrogen-bond donors (Lipinski definition) is 0. The molecule has 0 saturated carbocycles. The van der Waals surface area contributed by atoms with Crippen LogP contribution in [0.2, 0.25) is 0 Å². The Morgan fingerprint density at radius 2 is 1.79 bits per heavy atom. The second kappa shape index (κ2) is 3.47. The molecule has 0 N–H and O–H groups in total. The van der Waals surface area contributed by atoms with Crippen LogP contribution in [0.4, 0.5) is 0 Å². The average molecular weight is 189 g/mol. The van der Waals surface area contributed by atoms with Gasteiger partial charge in [0.15, 0.2) is 0 Å². The highest BCUT2D eigenvalue weighted by molar-refractivity contribution is 5.11. The van der Waals surface area contributed by atoms with Crippen LogP contribution in [0.15, 0.2) is 24.5 Å². The molecule has 3 heteroatoms. The van der Waals surface area contributed by atoms with E-state index in [1.807, 2.05) is 24.5 Å². The standard InChI is InChI=1S/C11H15N3/c1-13-8-4-11(10-12,5-9-13)14-6-2-3-7-14/h2-3,6-7H,4-5,8-9H2,1H3. The van der Waals surface area contributed by atoms with Gasteiger partial charge in [-0.2, -0.15) is 5.26 Å². The topological polar surface area (TPSA) is 32.0 Å². The molecule has 0 aromatic carbocycles. The highest BCUT2D eigenvalue weighted by Gasteiger charge is 2.34. The largest absolute Gasteiger partial charge is 0.335 e. The molecule has 2 heterocycles. The average Bonchev–Trinajstić information content (AvgIpc) is 2.73. The lowest BCUT2D eigenvalue weighted by molar-refractivity contribution is 0.174. The van der Waals surface area contributed by atoms with E-state index >= 15 is 0 Å². The van der Waals surface area contributed by atoms with E-state index in [0.717, 1.165) is 25.9 Å². The fourth-order valence-electron chi connectivity index (χ4n) is 2.04. The van der Waals surface area contributed by atoms with Crippen LogP contribution in [0.1, 0.15) is 12.8 Å². The Morgan fingerprint density at radius 1 is 1.21 bits per heavy atom. The third-order valence-electron chi connectivity index (χ3n) is 3.12. The molecule has 0 aliphatic carbocycles. The second-order valence-electron chi connectivity index (χ2n) is 4.04. The van der Waals surface area contributed by atoms with Gasteiger partial charge < -0.3 is 9.47 Å². The minimum Gasteiger partial charge on any atom is -0.335 e. The fraction of sp³-hybridized carbons (Fsp3) is 0.545. The van der Waals surface area contributed by atoms with Crippen LogP contribution in [0.25, 0.3) is 0 Å². The molecule has 1 aliphatic heterocycles. The van der Waals surface area contributed by atoms with Crippen LogP contribution < -0.4 is 0 Å². The van der Waals surface area contributed by atoms with Crippen LogP contribution >= 0.6 is 0 Å². The molecule has 3 nitrogen and oxygen atoms in total. The highest BCUT2D eigenvalue weighted by Crippen LogP contribution is 2.28. The van der Waals surface area contributed by atoms with Crippen molar-refractivity contribution in [3.63, 3.8) is 0 Å². The first kappa shape index (κ1) is 9.29. The molecule has 1 aliphatic rings. The van der Waals surface area contributed by atoms with Crippen LogP contribution in [-0.4, -0.2) is 29.6 Å². The summed E-state index contributed by atoms with van der Waals surface area (Å²) in [6.45, 7) is 2.01. The summed E-state index contributed by atoms with van der Waals surface area (Å²) in [5, 5.41) is 9.31. The van der Waals surface area contributed by atoms with E-state index in [4.69, 9.17) is 0 Å². The maximum atomic E-state index is 9.31. The van der Waals surface area contributed by atoms with Crippen LogP contribution in [-0.2, 0) is 5.54 Å². The first-order valence-corrected chi connectivity index (χ1v) is 5.00. The van der Waals surface area contributed by atoms with Gasteiger partial charge in [-0.3, -0.25) is 0 Å². The van der Waals surface area contributed by atoms with Crippen molar-refractivity contribution in [1.82, 2.24) is 9.47 Å². The number of nitrogens with zero attached hydrogens (tertiary/aromatic N) is 3. The quantitative estimate of drug-likeness (QED) is 0.669.